The van der Waals surface area contributed by atoms with E-state index in [1.54, 1.807) is 12.1 Å². The van der Waals surface area contributed by atoms with Crippen LogP contribution in [0.4, 0.5) is 4.39 Å². The van der Waals surface area contributed by atoms with Crippen molar-refractivity contribution in [2.75, 3.05) is 0 Å². The molecule has 0 spiro atoms. The molecule has 1 aliphatic rings. The van der Waals surface area contributed by atoms with Crippen LogP contribution >= 0.6 is 0 Å². The number of rotatable bonds is 3. The Morgan fingerprint density at radius 2 is 1.62 bits per heavy atom. The molecule has 7 heteroatoms. The average Bonchev–Trinajstić information content (AvgIpc) is 2.90. The minimum absolute atomic E-state index is 0.0454. The van der Waals surface area contributed by atoms with E-state index in [0.29, 0.717) is 6.42 Å². The van der Waals surface area contributed by atoms with Crippen LogP contribution in [0.3, 0.4) is 0 Å². The molecule has 0 unspecified atom stereocenters. The highest BCUT2D eigenvalue weighted by atomic mass is 19.1. The number of aromatic nitrogens is 2. The lowest BCUT2D eigenvalue weighted by Gasteiger charge is -2.12. The molecule has 0 radical (unpaired) electrons. The maximum atomic E-state index is 13.0. The van der Waals surface area contributed by atoms with Crippen molar-refractivity contribution < 1.29 is 24.2 Å². The molecule has 2 heterocycles. The number of aromatic hydroxyl groups is 2. The number of pyridine rings is 1. The molecule has 2 N–H and O–H groups in total. The van der Waals surface area contributed by atoms with E-state index in [9.17, 15) is 24.2 Å². The Kier molecular flexibility index (Phi) is 3.57. The molecule has 3 aromatic rings. The standard InChI is InChI=1S/C19H13FN2O4/c20-11-5-3-10(4-6-11)7-9-22-18(25)13-14(19(22)26)17(24)15-12(16(13)23)2-1-8-21-15/h1-6,8,25-26H,7,9H2. The summed E-state index contributed by atoms with van der Waals surface area (Å²) >= 11 is 0. The van der Waals surface area contributed by atoms with E-state index in [-0.39, 0.29) is 34.7 Å². The molecule has 0 fully saturated rings. The van der Waals surface area contributed by atoms with Crippen LogP contribution in [0.5, 0.6) is 11.8 Å². The smallest absolute Gasteiger partial charge is 0.218 e. The summed E-state index contributed by atoms with van der Waals surface area (Å²) in [6, 6.07) is 8.78. The summed E-state index contributed by atoms with van der Waals surface area (Å²) in [4.78, 5) is 29.2. The first-order chi connectivity index (χ1) is 12.5. The summed E-state index contributed by atoms with van der Waals surface area (Å²) in [5.74, 6) is -2.47. The normalized spacial score (nSPS) is 12.8. The number of fused-ring (bicyclic) bond motifs is 2. The summed E-state index contributed by atoms with van der Waals surface area (Å²) < 4.78 is 14.1. The Morgan fingerprint density at radius 3 is 2.31 bits per heavy atom. The Labute approximate surface area is 147 Å². The van der Waals surface area contributed by atoms with Crippen molar-refractivity contribution in [3.05, 3.63) is 76.4 Å². The number of carbonyl (C=O) groups is 2. The van der Waals surface area contributed by atoms with E-state index in [1.165, 1.54) is 30.5 Å². The molecular formula is C19H13FN2O4. The molecule has 0 atom stereocenters. The fraction of sp³-hybridized carbons (Fsp3) is 0.105. The van der Waals surface area contributed by atoms with Gasteiger partial charge in [-0.05, 0) is 36.2 Å². The summed E-state index contributed by atoms with van der Waals surface area (Å²) in [6.45, 7) is 0.112. The Morgan fingerprint density at radius 1 is 0.962 bits per heavy atom. The average molecular weight is 352 g/mol. The largest absolute Gasteiger partial charge is 0.494 e. The van der Waals surface area contributed by atoms with Crippen LogP contribution in [0.25, 0.3) is 0 Å². The van der Waals surface area contributed by atoms with Crippen molar-refractivity contribution in [3.63, 3.8) is 0 Å². The number of hydrogen-bond acceptors (Lipinski definition) is 5. The lowest BCUT2D eigenvalue weighted by atomic mass is 9.89. The number of ketones is 2. The van der Waals surface area contributed by atoms with E-state index in [0.717, 1.165) is 10.1 Å². The zero-order chi connectivity index (χ0) is 18.4. The molecule has 0 aliphatic heterocycles. The highest BCUT2D eigenvalue weighted by Crippen LogP contribution is 2.40. The molecule has 1 aromatic carbocycles. The van der Waals surface area contributed by atoms with Gasteiger partial charge in [0.15, 0.2) is 0 Å². The molecule has 130 valence electrons. The second-order valence-electron chi connectivity index (χ2n) is 5.98. The summed E-state index contributed by atoms with van der Waals surface area (Å²) in [7, 11) is 0. The molecule has 4 rings (SSSR count). The molecule has 6 nitrogen and oxygen atoms in total. The fourth-order valence-corrected chi connectivity index (χ4v) is 3.15. The minimum Gasteiger partial charge on any atom is -0.494 e. The quantitative estimate of drug-likeness (QED) is 0.591. The van der Waals surface area contributed by atoms with Gasteiger partial charge in [-0.15, -0.1) is 0 Å². The maximum absolute atomic E-state index is 13.0. The first kappa shape index (κ1) is 16.0. The van der Waals surface area contributed by atoms with Gasteiger partial charge in [0.05, 0.1) is 11.1 Å². The number of benzene rings is 1. The number of carbonyl (C=O) groups excluding carboxylic acids is 2. The van der Waals surface area contributed by atoms with Crippen molar-refractivity contribution in [2.24, 2.45) is 0 Å². The van der Waals surface area contributed by atoms with Gasteiger partial charge in [-0.25, -0.2) is 4.39 Å². The third-order valence-electron chi connectivity index (χ3n) is 4.47. The van der Waals surface area contributed by atoms with Crippen molar-refractivity contribution in [2.45, 2.75) is 13.0 Å². The van der Waals surface area contributed by atoms with Gasteiger partial charge < -0.3 is 10.2 Å². The van der Waals surface area contributed by atoms with E-state index in [1.807, 2.05) is 0 Å². The van der Waals surface area contributed by atoms with Crippen molar-refractivity contribution in [1.82, 2.24) is 9.55 Å². The molecular weight excluding hydrogens is 339 g/mol. The number of nitrogens with zero attached hydrogens (tertiary/aromatic N) is 2. The molecule has 0 saturated heterocycles. The molecule has 0 amide bonds. The van der Waals surface area contributed by atoms with Crippen LogP contribution in [-0.2, 0) is 13.0 Å². The molecule has 0 bridgehead atoms. The van der Waals surface area contributed by atoms with Gasteiger partial charge in [0.2, 0.25) is 23.3 Å². The van der Waals surface area contributed by atoms with Gasteiger partial charge in [-0.3, -0.25) is 19.1 Å². The van der Waals surface area contributed by atoms with Crippen LogP contribution in [-0.4, -0.2) is 31.3 Å². The van der Waals surface area contributed by atoms with Crippen LogP contribution < -0.4 is 0 Å². The highest BCUT2D eigenvalue weighted by Gasteiger charge is 2.39. The Hall–Kier alpha value is -3.48. The SMILES string of the molecule is O=C1c2cccnc2C(=O)c2c1c(O)n(CCc1ccc(F)cc1)c2O. The lowest BCUT2D eigenvalue weighted by Crippen LogP contribution is -2.20. The fourth-order valence-electron chi connectivity index (χ4n) is 3.15. The van der Waals surface area contributed by atoms with Crippen molar-refractivity contribution in [3.8, 4) is 11.8 Å². The zero-order valence-electron chi connectivity index (χ0n) is 13.4. The minimum atomic E-state index is -0.608. The summed E-state index contributed by atoms with van der Waals surface area (Å²) in [5.41, 5.74) is 0.372. The Bertz CT molecular complexity index is 996. The maximum Gasteiger partial charge on any atom is 0.218 e. The molecule has 2 aromatic heterocycles. The molecule has 0 saturated carbocycles. The second-order valence-corrected chi connectivity index (χ2v) is 5.98. The van der Waals surface area contributed by atoms with Gasteiger partial charge >= 0.3 is 0 Å². The zero-order valence-corrected chi connectivity index (χ0v) is 13.4. The summed E-state index contributed by atoms with van der Waals surface area (Å²) in [5, 5.41) is 20.9. The monoisotopic (exact) mass is 352 g/mol. The summed E-state index contributed by atoms with van der Waals surface area (Å²) in [6.07, 6.45) is 1.75. The molecule has 1 aliphatic carbocycles. The number of halogens is 1. The lowest BCUT2D eigenvalue weighted by molar-refractivity contribution is 0.0972. The topological polar surface area (TPSA) is 92.4 Å². The van der Waals surface area contributed by atoms with Gasteiger partial charge in [0.25, 0.3) is 0 Å². The van der Waals surface area contributed by atoms with Crippen molar-refractivity contribution >= 4 is 11.6 Å². The van der Waals surface area contributed by atoms with E-state index in [2.05, 4.69) is 4.98 Å². The Balaban J connectivity index is 1.74. The third kappa shape index (κ3) is 2.28. The molecule has 26 heavy (non-hydrogen) atoms. The number of aryl methyl sites for hydroxylation is 1. The third-order valence-corrected chi connectivity index (χ3v) is 4.47. The van der Waals surface area contributed by atoms with Crippen LogP contribution in [0.15, 0.2) is 42.6 Å². The van der Waals surface area contributed by atoms with Crippen LogP contribution in [0, 0.1) is 5.82 Å². The predicted octanol–water partition coefficient (Wildman–Crippen LogP) is 2.45. The van der Waals surface area contributed by atoms with Gasteiger partial charge in [0.1, 0.15) is 17.1 Å². The van der Waals surface area contributed by atoms with Gasteiger partial charge in [-0.2, -0.15) is 0 Å². The highest BCUT2D eigenvalue weighted by molar-refractivity contribution is 6.29. The van der Waals surface area contributed by atoms with E-state index >= 15 is 0 Å². The van der Waals surface area contributed by atoms with Crippen molar-refractivity contribution in [1.29, 1.82) is 0 Å². The first-order valence-electron chi connectivity index (χ1n) is 7.92. The second kappa shape index (κ2) is 5.80. The van der Waals surface area contributed by atoms with E-state index < -0.39 is 23.3 Å². The predicted molar refractivity (Wildman–Crippen MR) is 89.0 cm³/mol. The van der Waals surface area contributed by atoms with Crippen LogP contribution in [0.2, 0.25) is 0 Å². The van der Waals surface area contributed by atoms with Gasteiger partial charge in [-0.1, -0.05) is 12.1 Å². The van der Waals surface area contributed by atoms with E-state index in [4.69, 9.17) is 0 Å². The van der Waals surface area contributed by atoms with Crippen LogP contribution in [0.1, 0.15) is 37.5 Å². The number of hydrogen-bond donors (Lipinski definition) is 2. The first-order valence-corrected chi connectivity index (χ1v) is 7.92. The van der Waals surface area contributed by atoms with Gasteiger partial charge in [0, 0.05) is 12.7 Å².